The highest BCUT2D eigenvalue weighted by Gasteiger charge is 2.55. The predicted molar refractivity (Wildman–Crippen MR) is 134 cm³/mol. The highest BCUT2D eigenvalue weighted by molar-refractivity contribution is 5.63. The Bertz CT molecular complexity index is 820. The molecule has 3 heteroatoms. The van der Waals surface area contributed by atoms with Crippen molar-refractivity contribution in [2.45, 2.75) is 128 Å². The molecule has 0 amide bonds. The minimum atomic E-state index is 0.0954. The summed E-state index contributed by atoms with van der Waals surface area (Å²) < 4.78 is 0. The van der Waals surface area contributed by atoms with E-state index in [1.807, 2.05) is 0 Å². The van der Waals surface area contributed by atoms with Crippen LogP contribution in [0.3, 0.4) is 0 Å². The SMILES string of the molecule is CC1c2ccccc2N(C2(C)CCC3CCCCC3N2N2CCCC3CCCCC32)C1C. The third kappa shape index (κ3) is 3.21. The lowest BCUT2D eigenvalue weighted by molar-refractivity contribution is -0.220. The summed E-state index contributed by atoms with van der Waals surface area (Å²) in [5, 5.41) is 6.06. The van der Waals surface area contributed by atoms with Crippen molar-refractivity contribution in [3.8, 4) is 0 Å². The Morgan fingerprint density at radius 3 is 2.25 bits per heavy atom. The van der Waals surface area contributed by atoms with Crippen molar-refractivity contribution in [3.05, 3.63) is 29.8 Å². The Morgan fingerprint density at radius 2 is 1.44 bits per heavy atom. The summed E-state index contributed by atoms with van der Waals surface area (Å²) in [6, 6.07) is 11.4. The molecular weight excluding hydrogens is 390 g/mol. The number of piperidine rings is 2. The summed E-state index contributed by atoms with van der Waals surface area (Å²) in [5.41, 5.74) is 3.19. The molecule has 2 aliphatic carbocycles. The smallest absolute Gasteiger partial charge is 0.104 e. The van der Waals surface area contributed by atoms with Gasteiger partial charge in [0.15, 0.2) is 0 Å². The van der Waals surface area contributed by atoms with Gasteiger partial charge in [-0.25, -0.2) is 10.0 Å². The minimum absolute atomic E-state index is 0.0954. The van der Waals surface area contributed by atoms with E-state index in [-0.39, 0.29) is 5.66 Å². The van der Waals surface area contributed by atoms with E-state index in [1.54, 1.807) is 5.56 Å². The van der Waals surface area contributed by atoms with Gasteiger partial charge < -0.3 is 4.90 Å². The molecule has 0 N–H and O–H groups in total. The summed E-state index contributed by atoms with van der Waals surface area (Å²) in [4.78, 5) is 2.89. The molecule has 4 fully saturated rings. The molecule has 2 saturated heterocycles. The van der Waals surface area contributed by atoms with Gasteiger partial charge in [0, 0.05) is 36.3 Å². The van der Waals surface area contributed by atoms with Crippen molar-refractivity contribution >= 4 is 5.69 Å². The zero-order valence-corrected chi connectivity index (χ0v) is 20.8. The lowest BCUT2D eigenvalue weighted by Gasteiger charge is -2.64. The summed E-state index contributed by atoms with van der Waals surface area (Å²) in [6.07, 6.45) is 17.2. The first-order chi connectivity index (χ1) is 15.6. The van der Waals surface area contributed by atoms with E-state index in [4.69, 9.17) is 0 Å². The summed E-state index contributed by atoms with van der Waals surface area (Å²) in [6.45, 7) is 8.89. The standard InChI is InChI=1S/C29H45N3/c1-21-22(2)31(28-17-9-6-14-25(21)28)29(3)19-18-24-12-5-8-16-27(24)32(29)30-20-10-13-23-11-4-7-15-26(23)30/h6,9,14,17,21-24,26-27H,4-5,7-8,10-13,15-16,18-20H2,1-3H3. The fourth-order valence-electron chi connectivity index (χ4n) is 8.83. The number of rotatable bonds is 2. The number of hydrogen-bond acceptors (Lipinski definition) is 3. The topological polar surface area (TPSA) is 9.72 Å². The molecule has 7 unspecified atom stereocenters. The second-order valence-corrected chi connectivity index (χ2v) is 12.1. The average molecular weight is 436 g/mol. The molecule has 0 radical (unpaired) electrons. The zero-order valence-electron chi connectivity index (χ0n) is 20.8. The molecule has 32 heavy (non-hydrogen) atoms. The van der Waals surface area contributed by atoms with E-state index in [9.17, 15) is 0 Å². The number of nitrogens with zero attached hydrogens (tertiary/aromatic N) is 3. The molecule has 0 spiro atoms. The number of hydrogen-bond donors (Lipinski definition) is 0. The zero-order chi connectivity index (χ0) is 21.9. The molecule has 0 aromatic heterocycles. The van der Waals surface area contributed by atoms with Crippen LogP contribution < -0.4 is 4.90 Å². The highest BCUT2D eigenvalue weighted by atomic mass is 15.7. The Morgan fingerprint density at radius 1 is 0.781 bits per heavy atom. The third-order valence-corrected chi connectivity index (χ3v) is 10.5. The van der Waals surface area contributed by atoms with Crippen molar-refractivity contribution in [2.75, 3.05) is 11.4 Å². The fraction of sp³-hybridized carbons (Fsp3) is 0.793. The largest absolute Gasteiger partial charge is 0.349 e. The maximum Gasteiger partial charge on any atom is 0.104 e. The Kier molecular flexibility index (Phi) is 5.57. The first-order valence-electron chi connectivity index (χ1n) is 14.0. The lowest BCUT2D eigenvalue weighted by atomic mass is 9.74. The van der Waals surface area contributed by atoms with E-state index >= 15 is 0 Å². The first kappa shape index (κ1) is 21.5. The van der Waals surface area contributed by atoms with Gasteiger partial charge in [0.2, 0.25) is 0 Å². The van der Waals surface area contributed by atoms with Crippen LogP contribution in [0.1, 0.15) is 109 Å². The van der Waals surface area contributed by atoms with E-state index in [0.29, 0.717) is 12.0 Å². The Labute approximate surface area is 196 Å². The van der Waals surface area contributed by atoms with Gasteiger partial charge in [-0.1, -0.05) is 50.8 Å². The first-order valence-corrected chi connectivity index (χ1v) is 14.0. The number of para-hydroxylation sites is 1. The quantitative estimate of drug-likeness (QED) is 0.498. The number of benzene rings is 1. The van der Waals surface area contributed by atoms with E-state index < -0.39 is 0 Å². The molecule has 2 saturated carbocycles. The van der Waals surface area contributed by atoms with Crippen LogP contribution in [0.2, 0.25) is 0 Å². The van der Waals surface area contributed by atoms with Crippen LogP contribution >= 0.6 is 0 Å². The highest BCUT2D eigenvalue weighted by Crippen LogP contribution is 2.53. The molecule has 3 aliphatic heterocycles. The molecule has 3 nitrogen and oxygen atoms in total. The monoisotopic (exact) mass is 435 g/mol. The van der Waals surface area contributed by atoms with E-state index in [1.165, 1.54) is 89.3 Å². The molecule has 1 aromatic carbocycles. The van der Waals surface area contributed by atoms with E-state index in [0.717, 1.165) is 23.9 Å². The fourth-order valence-corrected chi connectivity index (χ4v) is 8.83. The predicted octanol–water partition coefficient (Wildman–Crippen LogP) is 6.94. The molecule has 0 bridgehead atoms. The molecule has 5 aliphatic rings. The molecule has 1 aromatic rings. The number of anilines is 1. The Hall–Kier alpha value is -1.06. The van der Waals surface area contributed by atoms with Gasteiger partial charge in [-0.05, 0) is 88.7 Å². The molecule has 6 rings (SSSR count). The van der Waals surface area contributed by atoms with Crippen molar-refractivity contribution in [3.63, 3.8) is 0 Å². The van der Waals surface area contributed by atoms with Crippen LogP contribution in [-0.2, 0) is 0 Å². The summed E-state index contributed by atoms with van der Waals surface area (Å²) in [7, 11) is 0. The molecular formula is C29H45N3. The third-order valence-electron chi connectivity index (χ3n) is 10.5. The van der Waals surface area contributed by atoms with Gasteiger partial charge in [0.25, 0.3) is 0 Å². The van der Waals surface area contributed by atoms with Crippen molar-refractivity contribution in [1.82, 2.24) is 10.0 Å². The van der Waals surface area contributed by atoms with Crippen LogP contribution in [0.25, 0.3) is 0 Å². The molecule has 3 heterocycles. The summed E-state index contributed by atoms with van der Waals surface area (Å²) >= 11 is 0. The lowest BCUT2D eigenvalue weighted by Crippen LogP contribution is -2.74. The average Bonchev–Trinajstić information content (AvgIpc) is 3.09. The van der Waals surface area contributed by atoms with Crippen molar-refractivity contribution < 1.29 is 0 Å². The van der Waals surface area contributed by atoms with Crippen molar-refractivity contribution in [1.29, 1.82) is 0 Å². The summed E-state index contributed by atoms with van der Waals surface area (Å²) in [5.74, 6) is 2.46. The van der Waals surface area contributed by atoms with E-state index in [2.05, 4.69) is 60.0 Å². The normalized spacial score (nSPS) is 42.9. The maximum absolute atomic E-state index is 3.06. The van der Waals surface area contributed by atoms with Gasteiger partial charge >= 0.3 is 0 Å². The van der Waals surface area contributed by atoms with Crippen molar-refractivity contribution in [2.24, 2.45) is 11.8 Å². The number of fused-ring (bicyclic) bond motifs is 3. The van der Waals surface area contributed by atoms with Crippen LogP contribution in [0, 0.1) is 11.8 Å². The van der Waals surface area contributed by atoms with Gasteiger partial charge in [0.05, 0.1) is 0 Å². The van der Waals surface area contributed by atoms with Gasteiger partial charge in [-0.15, -0.1) is 0 Å². The van der Waals surface area contributed by atoms with Crippen LogP contribution in [0.15, 0.2) is 24.3 Å². The van der Waals surface area contributed by atoms with Gasteiger partial charge in [0.1, 0.15) is 5.66 Å². The van der Waals surface area contributed by atoms with Crippen LogP contribution in [0.4, 0.5) is 5.69 Å². The maximum atomic E-state index is 3.06. The molecule has 7 atom stereocenters. The Balaban J connectivity index is 1.44. The van der Waals surface area contributed by atoms with Gasteiger partial charge in [-0.2, -0.15) is 0 Å². The second-order valence-electron chi connectivity index (χ2n) is 12.1. The van der Waals surface area contributed by atoms with Crippen LogP contribution in [-0.4, -0.2) is 40.4 Å². The van der Waals surface area contributed by atoms with Gasteiger partial charge in [-0.3, -0.25) is 0 Å². The number of hydrazine groups is 1. The second kappa shape index (κ2) is 8.31. The molecule has 176 valence electrons. The van der Waals surface area contributed by atoms with Crippen LogP contribution in [0.5, 0.6) is 0 Å². The minimum Gasteiger partial charge on any atom is -0.349 e.